The van der Waals surface area contributed by atoms with Crippen molar-refractivity contribution in [2.24, 2.45) is 0 Å². The molecule has 1 aromatic rings. The zero-order valence-corrected chi connectivity index (χ0v) is 12.4. The molecule has 0 bridgehead atoms. The number of nitrogens with one attached hydrogen (secondary N) is 1. The molecule has 0 spiro atoms. The van der Waals surface area contributed by atoms with Gasteiger partial charge in [0.2, 0.25) is 0 Å². The molecule has 0 amide bonds. The number of nitrogens with zero attached hydrogens (tertiary/aromatic N) is 1. The Bertz CT molecular complexity index is 390. The van der Waals surface area contributed by atoms with Gasteiger partial charge in [0.25, 0.3) is 0 Å². The van der Waals surface area contributed by atoms with E-state index in [0.717, 1.165) is 38.4 Å². The highest BCUT2D eigenvalue weighted by molar-refractivity contribution is 5.49. The van der Waals surface area contributed by atoms with Crippen molar-refractivity contribution in [2.75, 3.05) is 31.1 Å². The van der Waals surface area contributed by atoms with E-state index in [9.17, 15) is 0 Å². The summed E-state index contributed by atoms with van der Waals surface area (Å²) in [6.07, 6.45) is 2.35. The molecule has 19 heavy (non-hydrogen) atoms. The lowest BCUT2D eigenvalue weighted by Gasteiger charge is -2.34. The molecule has 3 heteroatoms. The second-order valence-electron chi connectivity index (χ2n) is 5.54. The molecule has 0 saturated carbocycles. The van der Waals surface area contributed by atoms with E-state index in [1.165, 1.54) is 12.1 Å². The fourth-order valence-corrected chi connectivity index (χ4v) is 2.59. The molecule has 1 heterocycles. The number of anilines is 1. The highest BCUT2D eigenvalue weighted by Gasteiger charge is 2.27. The third-order valence-electron chi connectivity index (χ3n) is 3.99. The Morgan fingerprint density at radius 3 is 2.63 bits per heavy atom. The van der Waals surface area contributed by atoms with E-state index in [1.54, 1.807) is 0 Å². The standard InChI is InChI=1S/C16H26N2O/c1-4-16(3)13-18(12-6-11-17-16)14-7-9-15(10-8-14)19-5-2/h7-10,17H,4-6,11-13H2,1-3H3. The highest BCUT2D eigenvalue weighted by Crippen LogP contribution is 2.24. The Labute approximate surface area is 116 Å². The molecule has 1 aliphatic rings. The molecular formula is C16H26N2O. The summed E-state index contributed by atoms with van der Waals surface area (Å²) in [5, 5.41) is 3.67. The first kappa shape index (κ1) is 14.2. The molecule has 1 N–H and O–H groups in total. The molecule has 0 aromatic heterocycles. The van der Waals surface area contributed by atoms with Crippen LogP contribution in [-0.2, 0) is 0 Å². The van der Waals surface area contributed by atoms with Crippen molar-refractivity contribution in [1.29, 1.82) is 0 Å². The fourth-order valence-electron chi connectivity index (χ4n) is 2.59. The van der Waals surface area contributed by atoms with E-state index in [4.69, 9.17) is 4.74 Å². The lowest BCUT2D eigenvalue weighted by Crippen LogP contribution is -2.48. The van der Waals surface area contributed by atoms with Crippen LogP contribution in [0.4, 0.5) is 5.69 Å². The monoisotopic (exact) mass is 262 g/mol. The summed E-state index contributed by atoms with van der Waals surface area (Å²) in [5.74, 6) is 0.956. The first-order valence-electron chi connectivity index (χ1n) is 7.40. The van der Waals surface area contributed by atoms with Crippen LogP contribution in [0.3, 0.4) is 0 Å². The fraction of sp³-hybridized carbons (Fsp3) is 0.625. The number of rotatable bonds is 4. The molecule has 1 atom stereocenters. The van der Waals surface area contributed by atoms with Gasteiger partial charge in [-0.05, 0) is 57.5 Å². The molecule has 106 valence electrons. The van der Waals surface area contributed by atoms with Crippen LogP contribution in [0.15, 0.2) is 24.3 Å². The van der Waals surface area contributed by atoms with E-state index >= 15 is 0 Å². The minimum atomic E-state index is 0.217. The van der Waals surface area contributed by atoms with Gasteiger partial charge in [-0.2, -0.15) is 0 Å². The van der Waals surface area contributed by atoms with Crippen LogP contribution in [0, 0.1) is 0 Å². The largest absolute Gasteiger partial charge is 0.494 e. The van der Waals surface area contributed by atoms with Crippen LogP contribution in [0.1, 0.15) is 33.6 Å². The Balaban J connectivity index is 2.10. The Kier molecular flexibility index (Phi) is 4.70. The first-order valence-corrected chi connectivity index (χ1v) is 7.40. The van der Waals surface area contributed by atoms with Gasteiger partial charge in [0, 0.05) is 24.3 Å². The van der Waals surface area contributed by atoms with E-state index in [-0.39, 0.29) is 5.54 Å². The van der Waals surface area contributed by atoms with Crippen molar-refractivity contribution in [2.45, 2.75) is 39.2 Å². The summed E-state index contributed by atoms with van der Waals surface area (Å²) in [6, 6.07) is 8.49. The number of benzene rings is 1. The molecular weight excluding hydrogens is 236 g/mol. The third kappa shape index (κ3) is 3.63. The summed E-state index contributed by atoms with van der Waals surface area (Å²) in [7, 11) is 0. The first-order chi connectivity index (χ1) is 9.17. The maximum atomic E-state index is 5.50. The van der Waals surface area contributed by atoms with E-state index in [1.807, 2.05) is 6.92 Å². The summed E-state index contributed by atoms with van der Waals surface area (Å²) in [5.41, 5.74) is 1.52. The minimum Gasteiger partial charge on any atom is -0.494 e. The number of hydrogen-bond donors (Lipinski definition) is 1. The van der Waals surface area contributed by atoms with Crippen molar-refractivity contribution in [1.82, 2.24) is 5.32 Å². The van der Waals surface area contributed by atoms with Crippen LogP contribution >= 0.6 is 0 Å². The van der Waals surface area contributed by atoms with Gasteiger partial charge in [-0.1, -0.05) is 6.92 Å². The third-order valence-corrected chi connectivity index (χ3v) is 3.99. The van der Waals surface area contributed by atoms with Gasteiger partial charge in [-0.3, -0.25) is 0 Å². The van der Waals surface area contributed by atoms with Crippen molar-refractivity contribution >= 4 is 5.69 Å². The van der Waals surface area contributed by atoms with E-state index in [2.05, 4.69) is 48.3 Å². The second kappa shape index (κ2) is 6.29. The van der Waals surface area contributed by atoms with Gasteiger partial charge in [0.05, 0.1) is 6.61 Å². The smallest absolute Gasteiger partial charge is 0.119 e. The van der Waals surface area contributed by atoms with Gasteiger partial charge < -0.3 is 15.0 Å². The summed E-state index contributed by atoms with van der Waals surface area (Å²) < 4.78 is 5.50. The number of ether oxygens (including phenoxy) is 1. The van der Waals surface area contributed by atoms with Gasteiger partial charge in [0.1, 0.15) is 5.75 Å². The van der Waals surface area contributed by atoms with Crippen LogP contribution in [0.5, 0.6) is 5.75 Å². The lowest BCUT2D eigenvalue weighted by molar-refractivity contribution is 0.340. The molecule has 1 aliphatic heterocycles. The molecule has 1 unspecified atom stereocenters. The molecule has 2 rings (SSSR count). The van der Waals surface area contributed by atoms with Crippen LogP contribution < -0.4 is 15.0 Å². The average molecular weight is 262 g/mol. The second-order valence-corrected chi connectivity index (χ2v) is 5.54. The van der Waals surface area contributed by atoms with Gasteiger partial charge in [-0.25, -0.2) is 0 Å². The molecule has 0 radical (unpaired) electrons. The van der Waals surface area contributed by atoms with E-state index < -0.39 is 0 Å². The number of hydrogen-bond acceptors (Lipinski definition) is 3. The van der Waals surface area contributed by atoms with Gasteiger partial charge in [0.15, 0.2) is 0 Å². The maximum Gasteiger partial charge on any atom is 0.119 e. The maximum absolute atomic E-state index is 5.50. The van der Waals surface area contributed by atoms with Crippen LogP contribution in [-0.4, -0.2) is 31.8 Å². The van der Waals surface area contributed by atoms with Gasteiger partial charge >= 0.3 is 0 Å². The minimum absolute atomic E-state index is 0.217. The van der Waals surface area contributed by atoms with Crippen LogP contribution in [0.2, 0.25) is 0 Å². The van der Waals surface area contributed by atoms with Crippen molar-refractivity contribution in [3.63, 3.8) is 0 Å². The topological polar surface area (TPSA) is 24.5 Å². The summed E-state index contributed by atoms with van der Waals surface area (Å²) in [4.78, 5) is 2.49. The zero-order chi connectivity index (χ0) is 13.7. The van der Waals surface area contributed by atoms with Crippen molar-refractivity contribution in [3.05, 3.63) is 24.3 Å². The Morgan fingerprint density at radius 2 is 2.00 bits per heavy atom. The summed E-state index contributed by atoms with van der Waals surface area (Å²) in [6.45, 7) is 10.6. The van der Waals surface area contributed by atoms with Crippen molar-refractivity contribution in [3.8, 4) is 5.75 Å². The predicted octanol–water partition coefficient (Wildman–Crippen LogP) is 3.05. The predicted molar refractivity (Wildman–Crippen MR) is 81.1 cm³/mol. The molecule has 1 fully saturated rings. The average Bonchev–Trinajstić information content (AvgIpc) is 2.63. The highest BCUT2D eigenvalue weighted by atomic mass is 16.5. The molecule has 0 aliphatic carbocycles. The lowest BCUT2D eigenvalue weighted by atomic mass is 9.98. The van der Waals surface area contributed by atoms with Gasteiger partial charge in [-0.15, -0.1) is 0 Å². The Hall–Kier alpha value is -1.22. The Morgan fingerprint density at radius 1 is 1.26 bits per heavy atom. The molecule has 1 saturated heterocycles. The molecule has 3 nitrogen and oxygen atoms in total. The van der Waals surface area contributed by atoms with E-state index in [0.29, 0.717) is 0 Å². The van der Waals surface area contributed by atoms with Crippen LogP contribution in [0.25, 0.3) is 0 Å². The normalized spacial score (nSPS) is 24.1. The quantitative estimate of drug-likeness (QED) is 0.902. The zero-order valence-electron chi connectivity index (χ0n) is 12.4. The summed E-state index contributed by atoms with van der Waals surface area (Å²) >= 11 is 0. The molecule has 1 aromatic carbocycles. The van der Waals surface area contributed by atoms with Crippen molar-refractivity contribution < 1.29 is 4.74 Å². The SMILES string of the molecule is CCOc1ccc(N2CCCNC(C)(CC)C2)cc1.